The highest BCUT2D eigenvalue weighted by molar-refractivity contribution is 6.30. The summed E-state index contributed by atoms with van der Waals surface area (Å²) >= 11 is 5.92. The van der Waals surface area contributed by atoms with Crippen LogP contribution in [0.25, 0.3) is 0 Å². The minimum absolute atomic E-state index is 0.158. The maximum atomic E-state index is 13.0. The smallest absolute Gasteiger partial charge is 0.262 e. The van der Waals surface area contributed by atoms with Crippen molar-refractivity contribution < 1.29 is 23.8 Å². The quantitative estimate of drug-likeness (QED) is 0.743. The fraction of sp³-hybridized carbons (Fsp3) is 0.333. The fourth-order valence-corrected chi connectivity index (χ4v) is 3.32. The SMILES string of the molecule is COc1cc(NC(=O)COc2cccc(Cl)c2)c(C(=O)N2CCCC2)cc1OC. The van der Waals surface area contributed by atoms with Gasteiger partial charge in [-0.2, -0.15) is 0 Å². The molecular weight excluding hydrogens is 396 g/mol. The Morgan fingerprint density at radius 2 is 1.76 bits per heavy atom. The van der Waals surface area contributed by atoms with Crippen molar-refractivity contribution in [2.24, 2.45) is 0 Å². The van der Waals surface area contributed by atoms with Gasteiger partial charge < -0.3 is 24.4 Å². The number of likely N-dealkylation sites (tertiary alicyclic amines) is 1. The molecule has 0 radical (unpaired) electrons. The molecule has 1 aliphatic heterocycles. The number of hydrogen-bond acceptors (Lipinski definition) is 5. The number of benzene rings is 2. The summed E-state index contributed by atoms with van der Waals surface area (Å²) in [5.41, 5.74) is 0.694. The summed E-state index contributed by atoms with van der Waals surface area (Å²) in [6, 6.07) is 9.95. The first kappa shape index (κ1) is 20.8. The van der Waals surface area contributed by atoms with Crippen molar-refractivity contribution in [2.75, 3.05) is 39.2 Å². The summed E-state index contributed by atoms with van der Waals surface area (Å²) in [5.74, 6) is 0.746. The maximum Gasteiger partial charge on any atom is 0.262 e. The molecule has 2 amide bonds. The average Bonchev–Trinajstić information content (AvgIpc) is 3.26. The first-order valence-electron chi connectivity index (χ1n) is 9.25. The van der Waals surface area contributed by atoms with E-state index >= 15 is 0 Å². The van der Waals surface area contributed by atoms with Crippen molar-refractivity contribution in [3.8, 4) is 17.2 Å². The van der Waals surface area contributed by atoms with Crippen LogP contribution >= 0.6 is 11.6 Å². The lowest BCUT2D eigenvalue weighted by molar-refractivity contribution is -0.118. The third-order valence-corrected chi connectivity index (χ3v) is 4.82. The Balaban J connectivity index is 1.80. The second-order valence-corrected chi connectivity index (χ2v) is 6.98. The molecule has 0 aliphatic carbocycles. The summed E-state index contributed by atoms with van der Waals surface area (Å²) in [6.45, 7) is 1.16. The van der Waals surface area contributed by atoms with Gasteiger partial charge in [-0.3, -0.25) is 9.59 Å². The minimum Gasteiger partial charge on any atom is -0.493 e. The van der Waals surface area contributed by atoms with Gasteiger partial charge in [0, 0.05) is 24.2 Å². The van der Waals surface area contributed by atoms with Crippen molar-refractivity contribution >= 4 is 29.1 Å². The molecule has 2 aromatic rings. The Morgan fingerprint density at radius 1 is 1.07 bits per heavy atom. The number of carbonyl (C=O) groups excluding carboxylic acids is 2. The van der Waals surface area contributed by atoms with Crippen LogP contribution in [0.2, 0.25) is 5.02 Å². The molecule has 3 rings (SSSR count). The molecular formula is C21H23ClN2O5. The van der Waals surface area contributed by atoms with Crippen molar-refractivity contribution in [1.82, 2.24) is 4.90 Å². The maximum absolute atomic E-state index is 13.0. The lowest BCUT2D eigenvalue weighted by Crippen LogP contribution is -2.29. The van der Waals surface area contributed by atoms with E-state index in [2.05, 4.69) is 5.32 Å². The number of amides is 2. The molecule has 1 heterocycles. The molecule has 0 atom stereocenters. The van der Waals surface area contributed by atoms with Crippen LogP contribution in [0.5, 0.6) is 17.2 Å². The zero-order valence-electron chi connectivity index (χ0n) is 16.4. The number of carbonyl (C=O) groups is 2. The third-order valence-electron chi connectivity index (χ3n) is 4.59. The number of nitrogens with one attached hydrogen (secondary N) is 1. The molecule has 0 spiro atoms. The van der Waals surface area contributed by atoms with Gasteiger partial charge in [-0.15, -0.1) is 0 Å². The zero-order valence-corrected chi connectivity index (χ0v) is 17.1. The van der Waals surface area contributed by atoms with Crippen LogP contribution in [0.4, 0.5) is 5.69 Å². The van der Waals surface area contributed by atoms with Gasteiger partial charge in [-0.1, -0.05) is 17.7 Å². The van der Waals surface area contributed by atoms with E-state index in [-0.39, 0.29) is 12.5 Å². The molecule has 0 saturated carbocycles. The molecule has 29 heavy (non-hydrogen) atoms. The van der Waals surface area contributed by atoms with E-state index in [0.29, 0.717) is 46.6 Å². The predicted molar refractivity (Wildman–Crippen MR) is 110 cm³/mol. The lowest BCUT2D eigenvalue weighted by atomic mass is 10.1. The topological polar surface area (TPSA) is 77.1 Å². The highest BCUT2D eigenvalue weighted by atomic mass is 35.5. The van der Waals surface area contributed by atoms with E-state index in [1.807, 2.05) is 0 Å². The summed E-state index contributed by atoms with van der Waals surface area (Å²) in [7, 11) is 2.99. The summed E-state index contributed by atoms with van der Waals surface area (Å²) in [6.07, 6.45) is 1.93. The van der Waals surface area contributed by atoms with Crippen LogP contribution in [0.3, 0.4) is 0 Å². The number of hydrogen-bond donors (Lipinski definition) is 1. The van der Waals surface area contributed by atoms with Gasteiger partial charge in [0.25, 0.3) is 11.8 Å². The van der Waals surface area contributed by atoms with Gasteiger partial charge in [-0.25, -0.2) is 0 Å². The monoisotopic (exact) mass is 418 g/mol. The molecule has 8 heteroatoms. The van der Waals surface area contributed by atoms with Crippen LogP contribution in [0, 0.1) is 0 Å². The molecule has 2 aromatic carbocycles. The van der Waals surface area contributed by atoms with Gasteiger partial charge in [-0.05, 0) is 37.1 Å². The molecule has 1 saturated heterocycles. The number of nitrogens with zero attached hydrogens (tertiary/aromatic N) is 1. The molecule has 7 nitrogen and oxygen atoms in total. The van der Waals surface area contributed by atoms with Crippen LogP contribution in [-0.4, -0.2) is 50.6 Å². The Bertz CT molecular complexity index is 897. The van der Waals surface area contributed by atoms with Crippen molar-refractivity contribution in [1.29, 1.82) is 0 Å². The molecule has 1 fully saturated rings. The van der Waals surface area contributed by atoms with E-state index in [1.165, 1.54) is 14.2 Å². The number of anilines is 1. The van der Waals surface area contributed by atoms with E-state index in [0.717, 1.165) is 12.8 Å². The second-order valence-electron chi connectivity index (χ2n) is 6.55. The number of rotatable bonds is 7. The van der Waals surface area contributed by atoms with Crippen LogP contribution in [0.1, 0.15) is 23.2 Å². The van der Waals surface area contributed by atoms with Gasteiger partial charge in [0.1, 0.15) is 5.75 Å². The van der Waals surface area contributed by atoms with Crippen molar-refractivity contribution in [3.63, 3.8) is 0 Å². The van der Waals surface area contributed by atoms with Gasteiger partial charge in [0.2, 0.25) is 0 Å². The Kier molecular flexibility index (Phi) is 6.82. The molecule has 0 aromatic heterocycles. The lowest BCUT2D eigenvalue weighted by Gasteiger charge is -2.20. The second kappa shape index (κ2) is 9.52. The normalized spacial score (nSPS) is 13.1. The van der Waals surface area contributed by atoms with Crippen LogP contribution < -0.4 is 19.5 Å². The molecule has 0 bridgehead atoms. The van der Waals surface area contributed by atoms with Crippen molar-refractivity contribution in [3.05, 3.63) is 47.0 Å². The highest BCUT2D eigenvalue weighted by Gasteiger charge is 2.25. The van der Waals surface area contributed by atoms with Gasteiger partial charge >= 0.3 is 0 Å². The zero-order chi connectivity index (χ0) is 20.8. The van der Waals surface area contributed by atoms with Crippen LogP contribution in [0.15, 0.2) is 36.4 Å². The average molecular weight is 419 g/mol. The van der Waals surface area contributed by atoms with E-state index in [9.17, 15) is 9.59 Å². The first-order valence-corrected chi connectivity index (χ1v) is 9.63. The van der Waals surface area contributed by atoms with E-state index in [4.69, 9.17) is 25.8 Å². The minimum atomic E-state index is -0.410. The molecule has 0 unspecified atom stereocenters. The number of methoxy groups -OCH3 is 2. The highest BCUT2D eigenvalue weighted by Crippen LogP contribution is 2.34. The number of halogens is 1. The Morgan fingerprint density at radius 3 is 2.41 bits per heavy atom. The van der Waals surface area contributed by atoms with E-state index < -0.39 is 5.91 Å². The van der Waals surface area contributed by atoms with Crippen molar-refractivity contribution in [2.45, 2.75) is 12.8 Å². The molecule has 1 N–H and O–H groups in total. The van der Waals surface area contributed by atoms with Crippen LogP contribution in [-0.2, 0) is 4.79 Å². The van der Waals surface area contributed by atoms with Gasteiger partial charge in [0.05, 0.1) is 25.5 Å². The largest absolute Gasteiger partial charge is 0.493 e. The Hall–Kier alpha value is -2.93. The fourth-order valence-electron chi connectivity index (χ4n) is 3.14. The van der Waals surface area contributed by atoms with E-state index in [1.54, 1.807) is 41.3 Å². The number of ether oxygens (including phenoxy) is 3. The summed E-state index contributed by atoms with van der Waals surface area (Å²) in [4.78, 5) is 27.2. The molecule has 1 aliphatic rings. The summed E-state index contributed by atoms with van der Waals surface area (Å²) in [5, 5.41) is 3.26. The molecule has 154 valence electrons. The predicted octanol–water partition coefficient (Wildman–Crippen LogP) is 3.61. The standard InChI is InChI=1S/C21H23ClN2O5/c1-27-18-11-16(21(26)24-8-3-4-9-24)17(12-19(18)28-2)23-20(25)13-29-15-7-5-6-14(22)10-15/h5-7,10-12H,3-4,8-9,13H2,1-2H3,(H,23,25). The first-order chi connectivity index (χ1) is 14.0. The van der Waals surface area contributed by atoms with Gasteiger partial charge in [0.15, 0.2) is 18.1 Å². The summed E-state index contributed by atoms with van der Waals surface area (Å²) < 4.78 is 16.1. The third kappa shape index (κ3) is 5.12. The Labute approximate surface area is 174 Å².